The number of hydrogen-bond donors (Lipinski definition) is 1. The smallest absolute Gasteiger partial charge is 0.339 e. The molecule has 1 atom stereocenters. The molecular weight excluding hydrogens is 388 g/mol. The molecule has 1 aromatic heterocycles. The van der Waals surface area contributed by atoms with E-state index in [1.54, 1.807) is 18.2 Å². The number of aromatic nitrogens is 1. The molecule has 0 bridgehead atoms. The zero-order valence-corrected chi connectivity index (χ0v) is 17.2. The van der Waals surface area contributed by atoms with Gasteiger partial charge in [-0.25, -0.2) is 9.78 Å². The Morgan fingerprint density at radius 2 is 1.86 bits per heavy atom. The minimum atomic E-state index is -0.558. The monoisotopic (exact) mass is 410 g/mol. The van der Waals surface area contributed by atoms with Crippen molar-refractivity contribution in [3.05, 3.63) is 65.2 Å². The van der Waals surface area contributed by atoms with Crippen LogP contribution in [-0.4, -0.2) is 29.5 Å². The molecule has 0 aliphatic rings. The first kappa shape index (κ1) is 20.8. The van der Waals surface area contributed by atoms with E-state index in [1.807, 2.05) is 43.3 Å². The number of esters is 1. The highest BCUT2D eigenvalue weighted by Crippen LogP contribution is 2.26. The third kappa shape index (κ3) is 5.33. The molecule has 0 fully saturated rings. The number of benzene rings is 2. The van der Waals surface area contributed by atoms with Gasteiger partial charge in [-0.05, 0) is 37.6 Å². The quantitative estimate of drug-likeness (QED) is 0.555. The molecule has 2 aromatic carbocycles. The first-order valence-electron chi connectivity index (χ1n) is 9.60. The summed E-state index contributed by atoms with van der Waals surface area (Å²) in [6.07, 6.45) is 1.84. The molecule has 3 rings (SSSR count). The highest BCUT2D eigenvalue weighted by molar-refractivity contribution is 6.30. The molecule has 1 amide bonds. The Bertz CT molecular complexity index is 1020. The molecule has 0 radical (unpaired) electrons. The van der Waals surface area contributed by atoms with Crippen LogP contribution in [0.25, 0.3) is 22.2 Å². The number of carbonyl (C=O) groups excluding carboxylic acids is 2. The van der Waals surface area contributed by atoms with Gasteiger partial charge in [-0.1, -0.05) is 55.3 Å². The fraction of sp³-hybridized carbons (Fsp3) is 0.261. The maximum absolute atomic E-state index is 12.8. The van der Waals surface area contributed by atoms with Crippen molar-refractivity contribution in [2.24, 2.45) is 0 Å². The summed E-state index contributed by atoms with van der Waals surface area (Å²) in [5.41, 5.74) is 2.51. The molecule has 0 aliphatic carbocycles. The lowest BCUT2D eigenvalue weighted by Crippen LogP contribution is -2.35. The third-order valence-corrected chi connectivity index (χ3v) is 4.79. The van der Waals surface area contributed by atoms with Crippen LogP contribution in [0.4, 0.5) is 0 Å². The zero-order chi connectivity index (χ0) is 20.8. The molecule has 0 spiro atoms. The van der Waals surface area contributed by atoms with E-state index < -0.39 is 5.97 Å². The van der Waals surface area contributed by atoms with Crippen LogP contribution in [0.15, 0.2) is 54.6 Å². The lowest BCUT2D eigenvalue weighted by molar-refractivity contribution is -0.124. The summed E-state index contributed by atoms with van der Waals surface area (Å²) in [5.74, 6) is -0.868. The molecule has 29 heavy (non-hydrogen) atoms. The third-order valence-electron chi connectivity index (χ3n) is 4.54. The van der Waals surface area contributed by atoms with Gasteiger partial charge in [0.15, 0.2) is 6.61 Å². The SMILES string of the molecule is CCC[C@H](C)NC(=O)COC(=O)c1cc(-c2ccc(Cl)cc2)nc2ccccc12. The van der Waals surface area contributed by atoms with Crippen molar-refractivity contribution < 1.29 is 14.3 Å². The molecule has 0 saturated carbocycles. The van der Waals surface area contributed by atoms with Gasteiger partial charge in [0.05, 0.1) is 16.8 Å². The number of para-hydroxylation sites is 1. The van der Waals surface area contributed by atoms with Crippen LogP contribution in [0.2, 0.25) is 5.02 Å². The second kappa shape index (κ2) is 9.52. The average Bonchev–Trinajstić information content (AvgIpc) is 2.72. The predicted molar refractivity (Wildman–Crippen MR) is 115 cm³/mol. The predicted octanol–water partition coefficient (Wildman–Crippen LogP) is 5.02. The fourth-order valence-corrected chi connectivity index (χ4v) is 3.27. The van der Waals surface area contributed by atoms with E-state index in [4.69, 9.17) is 16.3 Å². The van der Waals surface area contributed by atoms with Crippen molar-refractivity contribution in [1.29, 1.82) is 0 Å². The Morgan fingerprint density at radius 1 is 1.14 bits per heavy atom. The van der Waals surface area contributed by atoms with Crippen LogP contribution in [0.1, 0.15) is 37.0 Å². The minimum absolute atomic E-state index is 0.0458. The van der Waals surface area contributed by atoms with Crippen LogP contribution >= 0.6 is 11.6 Å². The van der Waals surface area contributed by atoms with Gasteiger partial charge < -0.3 is 10.1 Å². The normalized spacial score (nSPS) is 11.8. The van der Waals surface area contributed by atoms with E-state index in [1.165, 1.54) is 0 Å². The standard InChI is InChI=1S/C23H23ClN2O3/c1-3-6-15(2)25-22(27)14-29-23(28)19-13-21(16-9-11-17(24)12-10-16)26-20-8-5-4-7-18(19)20/h4-5,7-13,15H,3,6,14H2,1-2H3,(H,25,27)/t15-/m0/s1. The second-order valence-corrected chi connectivity index (χ2v) is 7.35. The van der Waals surface area contributed by atoms with Crippen molar-refractivity contribution in [1.82, 2.24) is 10.3 Å². The Kier molecular flexibility index (Phi) is 6.83. The summed E-state index contributed by atoms with van der Waals surface area (Å²) in [7, 11) is 0. The van der Waals surface area contributed by atoms with E-state index in [-0.39, 0.29) is 18.6 Å². The number of hydrogen-bond acceptors (Lipinski definition) is 4. The molecule has 3 aromatic rings. The summed E-state index contributed by atoms with van der Waals surface area (Å²) >= 11 is 5.97. The number of halogens is 1. The Hall–Kier alpha value is -2.92. The number of pyridine rings is 1. The van der Waals surface area contributed by atoms with E-state index in [0.717, 1.165) is 18.4 Å². The lowest BCUT2D eigenvalue weighted by Gasteiger charge is -2.13. The van der Waals surface area contributed by atoms with Gasteiger partial charge in [-0.3, -0.25) is 4.79 Å². The molecule has 5 nitrogen and oxygen atoms in total. The van der Waals surface area contributed by atoms with Crippen LogP contribution in [0.5, 0.6) is 0 Å². The lowest BCUT2D eigenvalue weighted by atomic mass is 10.0. The van der Waals surface area contributed by atoms with E-state index in [0.29, 0.717) is 27.2 Å². The molecule has 6 heteroatoms. The largest absolute Gasteiger partial charge is 0.452 e. The number of fused-ring (bicyclic) bond motifs is 1. The van der Waals surface area contributed by atoms with Crippen molar-refractivity contribution in [3.8, 4) is 11.3 Å². The first-order valence-corrected chi connectivity index (χ1v) is 9.98. The maximum atomic E-state index is 12.8. The molecule has 1 N–H and O–H groups in total. The van der Waals surface area contributed by atoms with Gasteiger partial charge in [0.2, 0.25) is 0 Å². The maximum Gasteiger partial charge on any atom is 0.339 e. The van der Waals surface area contributed by atoms with E-state index in [9.17, 15) is 9.59 Å². The van der Waals surface area contributed by atoms with Crippen molar-refractivity contribution in [2.45, 2.75) is 32.7 Å². The molecule has 0 saturated heterocycles. The number of amides is 1. The van der Waals surface area contributed by atoms with Crippen LogP contribution < -0.4 is 5.32 Å². The molecule has 150 valence electrons. The molecule has 0 unspecified atom stereocenters. The van der Waals surface area contributed by atoms with Crippen molar-refractivity contribution in [3.63, 3.8) is 0 Å². The number of ether oxygens (including phenoxy) is 1. The Morgan fingerprint density at radius 3 is 2.59 bits per heavy atom. The Labute approximate surface area is 175 Å². The van der Waals surface area contributed by atoms with Crippen molar-refractivity contribution >= 4 is 34.4 Å². The van der Waals surface area contributed by atoms with E-state index >= 15 is 0 Å². The highest BCUT2D eigenvalue weighted by Gasteiger charge is 2.17. The topological polar surface area (TPSA) is 68.3 Å². The summed E-state index contributed by atoms with van der Waals surface area (Å²) in [5, 5.41) is 4.12. The molecular formula is C23H23ClN2O3. The van der Waals surface area contributed by atoms with Gasteiger partial charge in [-0.2, -0.15) is 0 Å². The van der Waals surface area contributed by atoms with Crippen molar-refractivity contribution in [2.75, 3.05) is 6.61 Å². The van der Waals surface area contributed by atoms with Gasteiger partial charge in [0, 0.05) is 22.0 Å². The number of nitrogens with one attached hydrogen (secondary N) is 1. The van der Waals surface area contributed by atoms with Gasteiger partial charge in [0.1, 0.15) is 0 Å². The number of carbonyl (C=O) groups is 2. The number of rotatable bonds is 7. The summed E-state index contributed by atoms with van der Waals surface area (Å²) in [4.78, 5) is 29.4. The summed E-state index contributed by atoms with van der Waals surface area (Å²) in [6.45, 7) is 3.66. The average molecular weight is 411 g/mol. The van der Waals surface area contributed by atoms with Crippen LogP contribution in [-0.2, 0) is 9.53 Å². The highest BCUT2D eigenvalue weighted by atomic mass is 35.5. The number of nitrogens with zero attached hydrogens (tertiary/aromatic N) is 1. The Balaban J connectivity index is 1.84. The first-order chi connectivity index (χ1) is 14.0. The molecule has 1 heterocycles. The van der Waals surface area contributed by atoms with Crippen LogP contribution in [0.3, 0.4) is 0 Å². The minimum Gasteiger partial charge on any atom is -0.452 e. The van der Waals surface area contributed by atoms with Gasteiger partial charge in [-0.15, -0.1) is 0 Å². The van der Waals surface area contributed by atoms with E-state index in [2.05, 4.69) is 17.2 Å². The van der Waals surface area contributed by atoms with Gasteiger partial charge >= 0.3 is 5.97 Å². The fourth-order valence-electron chi connectivity index (χ4n) is 3.14. The second-order valence-electron chi connectivity index (χ2n) is 6.91. The zero-order valence-electron chi connectivity index (χ0n) is 16.4. The van der Waals surface area contributed by atoms with Gasteiger partial charge in [0.25, 0.3) is 5.91 Å². The summed E-state index contributed by atoms with van der Waals surface area (Å²) in [6, 6.07) is 16.3. The van der Waals surface area contributed by atoms with Crippen LogP contribution in [0, 0.1) is 0 Å². The summed E-state index contributed by atoms with van der Waals surface area (Å²) < 4.78 is 5.29. The molecule has 0 aliphatic heterocycles.